The second-order valence-electron chi connectivity index (χ2n) is 3.88. The first kappa shape index (κ1) is 8.00. The van der Waals surface area contributed by atoms with Crippen molar-refractivity contribution in [3.8, 4) is 0 Å². The van der Waals surface area contributed by atoms with E-state index in [9.17, 15) is 4.79 Å². The minimum atomic E-state index is 0.0775. The molecule has 72 valence electrons. The van der Waals surface area contributed by atoms with E-state index in [4.69, 9.17) is 0 Å². The highest BCUT2D eigenvalue weighted by Crippen LogP contribution is 2.25. The summed E-state index contributed by atoms with van der Waals surface area (Å²) < 4.78 is 0. The van der Waals surface area contributed by atoms with Crippen LogP contribution in [0.3, 0.4) is 0 Å². The summed E-state index contributed by atoms with van der Waals surface area (Å²) in [7, 11) is 0. The summed E-state index contributed by atoms with van der Waals surface area (Å²) in [5, 5.41) is 6.11. The summed E-state index contributed by atoms with van der Waals surface area (Å²) in [6, 6.07) is 6.72. The van der Waals surface area contributed by atoms with E-state index >= 15 is 0 Å². The van der Waals surface area contributed by atoms with Crippen LogP contribution in [0, 0.1) is 0 Å². The van der Waals surface area contributed by atoms with Crippen LogP contribution in [0.25, 0.3) is 0 Å². The molecule has 2 aliphatic rings. The lowest BCUT2D eigenvalue weighted by atomic mass is 9.97. The number of carbonyl (C=O) groups excluding carboxylic acids is 1. The number of nitrogens with one attached hydrogen (secondary N) is 2. The maximum Gasteiger partial charge on any atom is 0.251 e. The molecule has 1 saturated heterocycles. The molecule has 3 rings (SSSR count). The molecular weight excluding hydrogens is 176 g/mol. The van der Waals surface area contributed by atoms with Crippen molar-refractivity contribution in [1.29, 1.82) is 0 Å². The van der Waals surface area contributed by atoms with Crippen LogP contribution in [0.2, 0.25) is 0 Å². The van der Waals surface area contributed by atoms with Crippen molar-refractivity contribution in [3.05, 3.63) is 34.9 Å². The Morgan fingerprint density at radius 2 is 2.21 bits per heavy atom. The first-order chi connectivity index (χ1) is 6.84. The lowest BCUT2D eigenvalue weighted by Crippen LogP contribution is -2.31. The first-order valence-corrected chi connectivity index (χ1v) is 4.99. The molecule has 0 spiro atoms. The van der Waals surface area contributed by atoms with Gasteiger partial charge in [0.25, 0.3) is 5.91 Å². The van der Waals surface area contributed by atoms with Gasteiger partial charge in [-0.3, -0.25) is 4.79 Å². The van der Waals surface area contributed by atoms with E-state index in [1.165, 1.54) is 11.1 Å². The van der Waals surface area contributed by atoms with Crippen LogP contribution in [0.5, 0.6) is 0 Å². The second-order valence-corrected chi connectivity index (χ2v) is 3.88. The summed E-state index contributed by atoms with van der Waals surface area (Å²) in [4.78, 5) is 11.5. The molecule has 1 aromatic carbocycles. The largest absolute Gasteiger partial charge is 0.352 e. The van der Waals surface area contributed by atoms with Crippen LogP contribution in [-0.4, -0.2) is 19.0 Å². The number of carbonyl (C=O) groups is 1. The molecule has 1 amide bonds. The zero-order valence-electron chi connectivity index (χ0n) is 7.84. The second kappa shape index (κ2) is 2.82. The Morgan fingerprint density at radius 1 is 1.36 bits per heavy atom. The zero-order chi connectivity index (χ0) is 9.54. The molecule has 2 aliphatic heterocycles. The molecule has 0 bridgehead atoms. The lowest BCUT2D eigenvalue weighted by molar-refractivity contribution is 0.0946. The quantitative estimate of drug-likeness (QED) is 0.635. The van der Waals surface area contributed by atoms with Gasteiger partial charge in [0.1, 0.15) is 0 Å². The number of hydrogen-bond acceptors (Lipinski definition) is 2. The monoisotopic (exact) mass is 188 g/mol. The van der Waals surface area contributed by atoms with Crippen LogP contribution in [0.15, 0.2) is 18.2 Å². The van der Waals surface area contributed by atoms with Crippen molar-refractivity contribution in [3.63, 3.8) is 0 Å². The molecule has 1 aromatic rings. The molecule has 2 N–H and O–H groups in total. The highest BCUT2D eigenvalue weighted by molar-refractivity contribution is 5.96. The summed E-state index contributed by atoms with van der Waals surface area (Å²) in [5.74, 6) is 0.0775. The molecule has 1 unspecified atom stereocenters. The topological polar surface area (TPSA) is 51.0 Å². The summed E-state index contributed by atoms with van der Waals surface area (Å²) >= 11 is 0. The van der Waals surface area contributed by atoms with Gasteiger partial charge in [-0.25, -0.2) is 0 Å². The maximum absolute atomic E-state index is 11.5. The van der Waals surface area contributed by atoms with E-state index in [0.29, 0.717) is 6.04 Å². The van der Waals surface area contributed by atoms with E-state index in [-0.39, 0.29) is 5.91 Å². The van der Waals surface area contributed by atoms with Crippen molar-refractivity contribution in [2.45, 2.75) is 12.5 Å². The molecule has 3 heteroatoms. The summed E-state index contributed by atoms with van der Waals surface area (Å²) in [6.45, 7) is 1.81. The van der Waals surface area contributed by atoms with Gasteiger partial charge in [-0.1, -0.05) is 12.1 Å². The maximum atomic E-state index is 11.5. The van der Waals surface area contributed by atoms with Crippen molar-refractivity contribution >= 4 is 5.91 Å². The Balaban J connectivity index is 2.06. The highest BCUT2D eigenvalue weighted by atomic mass is 16.1. The zero-order valence-corrected chi connectivity index (χ0v) is 7.84. The summed E-state index contributed by atoms with van der Waals surface area (Å²) in [6.07, 6.45) is 0.958. The van der Waals surface area contributed by atoms with Gasteiger partial charge in [-0.15, -0.1) is 0 Å². The fourth-order valence-electron chi connectivity index (χ4n) is 1.94. The molecule has 3 nitrogen and oxygen atoms in total. The average molecular weight is 188 g/mol. The van der Waals surface area contributed by atoms with Gasteiger partial charge in [-0.05, 0) is 23.6 Å². The van der Waals surface area contributed by atoms with Crippen LogP contribution >= 0.6 is 0 Å². The predicted octanol–water partition coefficient (Wildman–Crippen LogP) is 0.617. The molecule has 2 heterocycles. The number of amides is 1. The third-order valence-electron chi connectivity index (χ3n) is 2.87. The van der Waals surface area contributed by atoms with Gasteiger partial charge in [0.15, 0.2) is 0 Å². The highest BCUT2D eigenvalue weighted by Gasteiger charge is 2.25. The number of benzene rings is 1. The van der Waals surface area contributed by atoms with Crippen LogP contribution in [-0.2, 0) is 6.42 Å². The molecule has 0 aliphatic carbocycles. The van der Waals surface area contributed by atoms with Crippen molar-refractivity contribution in [2.24, 2.45) is 0 Å². The lowest BCUT2D eigenvalue weighted by Gasteiger charge is -2.16. The Labute approximate surface area is 82.5 Å². The number of hydrogen-bond donors (Lipinski definition) is 2. The molecule has 0 aromatic heterocycles. The van der Waals surface area contributed by atoms with E-state index in [1.807, 2.05) is 6.07 Å². The van der Waals surface area contributed by atoms with E-state index in [1.54, 1.807) is 0 Å². The third-order valence-corrected chi connectivity index (χ3v) is 2.87. The molecular formula is C11H12N2O. The standard InChI is InChI=1S/C11H12N2O/c14-11-9-5-8(10-6-13-10)2-1-7(9)3-4-12-11/h1-2,5,10,13H,3-4,6H2,(H,12,14). The van der Waals surface area contributed by atoms with E-state index in [0.717, 1.165) is 25.1 Å². The minimum absolute atomic E-state index is 0.0775. The Bertz CT molecular complexity index is 396. The SMILES string of the molecule is O=C1NCCc2ccc(C3CN3)cc21. The van der Waals surface area contributed by atoms with Crippen LogP contribution in [0.4, 0.5) is 0 Å². The molecule has 14 heavy (non-hydrogen) atoms. The number of rotatable bonds is 1. The molecule has 0 radical (unpaired) electrons. The van der Waals surface area contributed by atoms with E-state index < -0.39 is 0 Å². The smallest absolute Gasteiger partial charge is 0.251 e. The fourth-order valence-corrected chi connectivity index (χ4v) is 1.94. The molecule has 1 fully saturated rings. The van der Waals surface area contributed by atoms with Crippen molar-refractivity contribution < 1.29 is 4.79 Å². The van der Waals surface area contributed by atoms with Crippen molar-refractivity contribution in [1.82, 2.24) is 10.6 Å². The van der Waals surface area contributed by atoms with Gasteiger partial charge in [0.2, 0.25) is 0 Å². The fraction of sp³-hybridized carbons (Fsp3) is 0.364. The molecule has 1 atom stereocenters. The van der Waals surface area contributed by atoms with Gasteiger partial charge >= 0.3 is 0 Å². The number of fused-ring (bicyclic) bond motifs is 1. The molecule has 0 saturated carbocycles. The van der Waals surface area contributed by atoms with Gasteiger partial charge < -0.3 is 10.6 Å². The van der Waals surface area contributed by atoms with Crippen LogP contribution in [0.1, 0.15) is 27.5 Å². The van der Waals surface area contributed by atoms with Crippen LogP contribution < -0.4 is 10.6 Å². The van der Waals surface area contributed by atoms with Gasteiger partial charge in [0, 0.05) is 24.7 Å². The average Bonchev–Trinajstić information content (AvgIpc) is 3.01. The first-order valence-electron chi connectivity index (χ1n) is 4.99. The predicted molar refractivity (Wildman–Crippen MR) is 53.2 cm³/mol. The summed E-state index contributed by atoms with van der Waals surface area (Å²) in [5.41, 5.74) is 3.28. The Kier molecular flexibility index (Phi) is 1.61. The van der Waals surface area contributed by atoms with Crippen molar-refractivity contribution in [2.75, 3.05) is 13.1 Å². The van der Waals surface area contributed by atoms with E-state index in [2.05, 4.69) is 22.8 Å². The normalized spacial score (nSPS) is 24.0. The van der Waals surface area contributed by atoms with Gasteiger partial charge in [-0.2, -0.15) is 0 Å². The Hall–Kier alpha value is -1.35. The minimum Gasteiger partial charge on any atom is -0.352 e. The van der Waals surface area contributed by atoms with Gasteiger partial charge in [0.05, 0.1) is 0 Å². The third kappa shape index (κ3) is 1.21. The Morgan fingerprint density at radius 3 is 3.00 bits per heavy atom.